The normalized spacial score (nSPS) is 26.4. The first kappa shape index (κ1) is 12.2. The minimum atomic E-state index is -0.943. The summed E-state index contributed by atoms with van der Waals surface area (Å²) in [5.74, 6) is -0.422. The van der Waals surface area contributed by atoms with E-state index in [0.717, 1.165) is 0 Å². The second-order valence-electron chi connectivity index (χ2n) is 4.83. The van der Waals surface area contributed by atoms with Crippen LogP contribution < -0.4 is 10.6 Å². The van der Waals surface area contributed by atoms with Crippen LogP contribution in [0, 0.1) is 0 Å². The Kier molecular flexibility index (Phi) is 2.78. The molecule has 0 bridgehead atoms. The summed E-state index contributed by atoms with van der Waals surface area (Å²) in [5.41, 5.74) is -0.312. The van der Waals surface area contributed by atoms with Crippen LogP contribution in [0.5, 0.6) is 0 Å². The zero-order valence-corrected chi connectivity index (χ0v) is 11.0. The van der Waals surface area contributed by atoms with Crippen LogP contribution in [0.4, 0.5) is 4.79 Å². The number of amides is 4. The number of imide groups is 1. The van der Waals surface area contributed by atoms with Gasteiger partial charge in [-0.15, -0.1) is 0 Å². The first-order chi connectivity index (χ1) is 9.11. The van der Waals surface area contributed by atoms with E-state index in [9.17, 15) is 14.4 Å². The number of nitrogens with one attached hydrogen (secondary N) is 2. The maximum Gasteiger partial charge on any atom is 0.322 e. The molecule has 2 saturated heterocycles. The second-order valence-corrected chi connectivity index (χ2v) is 5.61. The number of hydrogen-bond acceptors (Lipinski definition) is 4. The first-order valence-electron chi connectivity index (χ1n) is 6.06. The van der Waals surface area contributed by atoms with E-state index in [1.807, 2.05) is 5.38 Å². The van der Waals surface area contributed by atoms with Crippen LogP contribution in [0.2, 0.25) is 0 Å². The maximum atomic E-state index is 12.3. The standard InChI is InChI=1S/C12H13N3O3S/c16-9(8-2-5-19-6-8)15-4-1-3-12(7-15)10(17)13-11(18)14-12/h2,5-6H,1,3-4,7H2,(H2,13,14,17,18)/t12-/m0/s1. The molecule has 7 heteroatoms. The Morgan fingerprint density at radius 2 is 2.26 bits per heavy atom. The van der Waals surface area contributed by atoms with Crippen molar-refractivity contribution in [2.45, 2.75) is 18.4 Å². The van der Waals surface area contributed by atoms with E-state index < -0.39 is 11.6 Å². The van der Waals surface area contributed by atoms with Crippen LogP contribution in [0.3, 0.4) is 0 Å². The summed E-state index contributed by atoms with van der Waals surface area (Å²) in [4.78, 5) is 37.1. The molecule has 2 aliphatic rings. The van der Waals surface area contributed by atoms with E-state index >= 15 is 0 Å². The van der Waals surface area contributed by atoms with Gasteiger partial charge in [0.2, 0.25) is 0 Å². The van der Waals surface area contributed by atoms with E-state index in [2.05, 4.69) is 10.6 Å². The molecule has 0 aromatic carbocycles. The van der Waals surface area contributed by atoms with Crippen LogP contribution in [-0.2, 0) is 4.79 Å². The van der Waals surface area contributed by atoms with Gasteiger partial charge in [-0.3, -0.25) is 14.9 Å². The number of nitrogens with zero attached hydrogens (tertiary/aromatic N) is 1. The fraction of sp³-hybridized carbons (Fsp3) is 0.417. The molecule has 1 aromatic heterocycles. The molecule has 2 fully saturated rings. The number of carbonyl (C=O) groups is 3. The Balaban J connectivity index is 1.80. The summed E-state index contributed by atoms with van der Waals surface area (Å²) in [7, 11) is 0. The molecule has 2 aliphatic heterocycles. The number of likely N-dealkylation sites (tertiary alicyclic amines) is 1. The largest absolute Gasteiger partial charge is 0.336 e. The monoisotopic (exact) mass is 279 g/mol. The van der Waals surface area contributed by atoms with Gasteiger partial charge in [0, 0.05) is 11.9 Å². The lowest BCUT2D eigenvalue weighted by Gasteiger charge is -2.37. The SMILES string of the molecule is O=C1NC(=O)[C@@]2(CCCN(C(=O)c3ccsc3)C2)N1. The number of urea groups is 1. The van der Waals surface area contributed by atoms with Crippen LogP contribution in [0.25, 0.3) is 0 Å². The van der Waals surface area contributed by atoms with Crippen molar-refractivity contribution in [1.29, 1.82) is 0 Å². The molecule has 0 aliphatic carbocycles. The average molecular weight is 279 g/mol. The molecule has 3 rings (SSSR count). The fourth-order valence-electron chi connectivity index (χ4n) is 2.61. The molecule has 0 radical (unpaired) electrons. The Bertz CT molecular complexity index is 542. The van der Waals surface area contributed by atoms with Gasteiger partial charge in [0.05, 0.1) is 12.1 Å². The first-order valence-corrected chi connectivity index (χ1v) is 7.00. The van der Waals surface area contributed by atoms with Crippen molar-refractivity contribution in [3.8, 4) is 0 Å². The van der Waals surface area contributed by atoms with E-state index in [4.69, 9.17) is 0 Å². The Morgan fingerprint density at radius 1 is 1.42 bits per heavy atom. The molecule has 6 nitrogen and oxygen atoms in total. The highest BCUT2D eigenvalue weighted by atomic mass is 32.1. The summed E-state index contributed by atoms with van der Waals surface area (Å²) < 4.78 is 0. The minimum Gasteiger partial charge on any atom is -0.336 e. The highest BCUT2D eigenvalue weighted by molar-refractivity contribution is 7.08. The molecule has 1 aromatic rings. The highest BCUT2D eigenvalue weighted by Crippen LogP contribution is 2.25. The predicted octanol–water partition coefficient (Wildman–Crippen LogP) is 0.562. The highest BCUT2D eigenvalue weighted by Gasteiger charge is 2.49. The average Bonchev–Trinajstić information content (AvgIpc) is 2.99. The van der Waals surface area contributed by atoms with Gasteiger partial charge in [-0.2, -0.15) is 11.3 Å². The lowest BCUT2D eigenvalue weighted by atomic mass is 9.89. The van der Waals surface area contributed by atoms with Gasteiger partial charge >= 0.3 is 6.03 Å². The van der Waals surface area contributed by atoms with Crippen molar-refractivity contribution in [3.63, 3.8) is 0 Å². The second kappa shape index (κ2) is 4.34. The fourth-order valence-corrected chi connectivity index (χ4v) is 3.24. The molecule has 1 spiro atoms. The molecule has 0 saturated carbocycles. The maximum absolute atomic E-state index is 12.3. The number of thiophene rings is 1. The molecule has 0 unspecified atom stereocenters. The third-order valence-corrected chi connectivity index (χ3v) is 4.25. The molecule has 1 atom stereocenters. The van der Waals surface area contributed by atoms with Gasteiger partial charge in [0.1, 0.15) is 5.54 Å². The predicted molar refractivity (Wildman–Crippen MR) is 68.9 cm³/mol. The molecule has 3 heterocycles. The van der Waals surface area contributed by atoms with Gasteiger partial charge in [0.25, 0.3) is 11.8 Å². The Labute approximate surface area is 113 Å². The molecular formula is C12H13N3O3S. The van der Waals surface area contributed by atoms with Crippen molar-refractivity contribution in [2.75, 3.05) is 13.1 Å². The number of rotatable bonds is 1. The summed E-state index contributed by atoms with van der Waals surface area (Å²) in [6, 6.07) is 1.29. The van der Waals surface area contributed by atoms with Gasteiger partial charge in [-0.05, 0) is 24.3 Å². The number of carbonyl (C=O) groups excluding carboxylic acids is 3. The van der Waals surface area contributed by atoms with E-state index in [1.54, 1.807) is 16.3 Å². The van der Waals surface area contributed by atoms with Crippen LogP contribution in [-0.4, -0.2) is 41.4 Å². The van der Waals surface area contributed by atoms with Crippen molar-refractivity contribution in [3.05, 3.63) is 22.4 Å². The van der Waals surface area contributed by atoms with Crippen LogP contribution in [0.1, 0.15) is 23.2 Å². The van der Waals surface area contributed by atoms with E-state index in [0.29, 0.717) is 24.9 Å². The van der Waals surface area contributed by atoms with Crippen LogP contribution >= 0.6 is 11.3 Å². The smallest absolute Gasteiger partial charge is 0.322 e. The topological polar surface area (TPSA) is 78.5 Å². The summed E-state index contributed by atoms with van der Waals surface area (Å²) >= 11 is 1.46. The quantitative estimate of drug-likeness (QED) is 0.737. The van der Waals surface area contributed by atoms with E-state index in [-0.39, 0.29) is 18.4 Å². The van der Waals surface area contributed by atoms with Crippen molar-refractivity contribution in [1.82, 2.24) is 15.5 Å². The lowest BCUT2D eigenvalue weighted by molar-refractivity contribution is -0.125. The molecular weight excluding hydrogens is 266 g/mol. The third kappa shape index (κ3) is 1.99. The molecule has 19 heavy (non-hydrogen) atoms. The van der Waals surface area contributed by atoms with Gasteiger partial charge in [-0.1, -0.05) is 0 Å². The Morgan fingerprint density at radius 3 is 2.89 bits per heavy atom. The molecule has 100 valence electrons. The molecule has 2 N–H and O–H groups in total. The zero-order chi connectivity index (χ0) is 13.5. The Hall–Kier alpha value is -1.89. The van der Waals surface area contributed by atoms with E-state index in [1.165, 1.54) is 11.3 Å². The third-order valence-electron chi connectivity index (χ3n) is 3.56. The molecule has 4 amide bonds. The van der Waals surface area contributed by atoms with Gasteiger partial charge < -0.3 is 10.2 Å². The van der Waals surface area contributed by atoms with Gasteiger partial charge in [-0.25, -0.2) is 4.79 Å². The van der Waals surface area contributed by atoms with Crippen LogP contribution in [0.15, 0.2) is 16.8 Å². The summed E-state index contributed by atoms with van der Waals surface area (Å²) in [6.07, 6.45) is 1.27. The number of piperidine rings is 1. The lowest BCUT2D eigenvalue weighted by Crippen LogP contribution is -2.59. The summed E-state index contributed by atoms with van der Waals surface area (Å²) in [5, 5.41) is 8.54. The van der Waals surface area contributed by atoms with Crippen molar-refractivity contribution < 1.29 is 14.4 Å². The van der Waals surface area contributed by atoms with Crippen molar-refractivity contribution in [2.24, 2.45) is 0 Å². The zero-order valence-electron chi connectivity index (χ0n) is 10.1. The summed E-state index contributed by atoms with van der Waals surface area (Å²) in [6.45, 7) is 0.846. The number of hydrogen-bond donors (Lipinski definition) is 2. The van der Waals surface area contributed by atoms with Crippen molar-refractivity contribution >= 4 is 29.2 Å². The van der Waals surface area contributed by atoms with Gasteiger partial charge in [0.15, 0.2) is 0 Å². The minimum absolute atomic E-state index is 0.0886.